The number of imide groups is 1. The van der Waals surface area contributed by atoms with Crippen molar-refractivity contribution in [1.29, 1.82) is 0 Å². The number of carbonyl (C=O) groups excluding carboxylic acids is 3. The Labute approximate surface area is 121 Å². The monoisotopic (exact) mass is 293 g/mol. The summed E-state index contributed by atoms with van der Waals surface area (Å²) in [6, 6.07) is 5.23. The Morgan fingerprint density at radius 3 is 2.81 bits per heavy atom. The van der Waals surface area contributed by atoms with Gasteiger partial charge in [-0.1, -0.05) is 19.1 Å². The molecule has 1 aliphatic heterocycles. The fraction of sp³-hybridized carbons (Fsp3) is 0.357. The van der Waals surface area contributed by atoms with E-state index in [1.54, 1.807) is 6.07 Å². The van der Waals surface area contributed by atoms with E-state index >= 15 is 0 Å². The molecule has 3 amide bonds. The third kappa shape index (κ3) is 3.43. The van der Waals surface area contributed by atoms with E-state index in [1.807, 2.05) is 6.92 Å². The summed E-state index contributed by atoms with van der Waals surface area (Å²) in [7, 11) is 0. The van der Waals surface area contributed by atoms with Crippen LogP contribution in [0.1, 0.15) is 13.3 Å². The molecule has 0 spiro atoms. The van der Waals surface area contributed by atoms with E-state index in [1.165, 1.54) is 18.2 Å². The molecule has 21 heavy (non-hydrogen) atoms. The maximum absolute atomic E-state index is 13.4. The molecule has 112 valence electrons. The SMILES string of the molecule is CCC1NCC(=O)N(CC(=O)Nc2ccccc2F)C1=O. The van der Waals surface area contributed by atoms with E-state index in [2.05, 4.69) is 10.6 Å². The topological polar surface area (TPSA) is 78.5 Å². The Kier molecular flexibility index (Phi) is 4.64. The summed E-state index contributed by atoms with van der Waals surface area (Å²) < 4.78 is 13.4. The predicted molar refractivity (Wildman–Crippen MR) is 73.8 cm³/mol. The van der Waals surface area contributed by atoms with E-state index in [-0.39, 0.29) is 12.2 Å². The highest BCUT2D eigenvalue weighted by Gasteiger charge is 2.33. The molecule has 6 nitrogen and oxygen atoms in total. The number of benzene rings is 1. The molecule has 7 heteroatoms. The molecule has 2 rings (SSSR count). The minimum absolute atomic E-state index is 0.0111. The van der Waals surface area contributed by atoms with Crippen LogP contribution in [0.4, 0.5) is 10.1 Å². The third-order valence-corrected chi connectivity index (χ3v) is 3.22. The molecule has 1 fully saturated rings. The number of rotatable bonds is 4. The number of nitrogens with one attached hydrogen (secondary N) is 2. The minimum atomic E-state index is -0.612. The first kappa shape index (κ1) is 15.1. The van der Waals surface area contributed by atoms with Gasteiger partial charge in [-0.15, -0.1) is 0 Å². The van der Waals surface area contributed by atoms with Crippen LogP contribution in [0.2, 0.25) is 0 Å². The van der Waals surface area contributed by atoms with Crippen molar-refractivity contribution < 1.29 is 18.8 Å². The second-order valence-corrected chi connectivity index (χ2v) is 4.69. The summed E-state index contributed by atoms with van der Waals surface area (Å²) in [4.78, 5) is 36.5. The molecule has 0 bridgehead atoms. The van der Waals surface area contributed by atoms with Gasteiger partial charge in [0.1, 0.15) is 12.4 Å². The van der Waals surface area contributed by atoms with Crippen LogP contribution in [0.5, 0.6) is 0 Å². The Balaban J connectivity index is 2.03. The lowest BCUT2D eigenvalue weighted by atomic mass is 10.1. The van der Waals surface area contributed by atoms with Gasteiger partial charge in [-0.2, -0.15) is 0 Å². The van der Waals surface area contributed by atoms with Gasteiger partial charge < -0.3 is 5.32 Å². The second-order valence-electron chi connectivity index (χ2n) is 4.69. The summed E-state index contributed by atoms with van der Waals surface area (Å²) in [5, 5.41) is 5.15. The van der Waals surface area contributed by atoms with E-state index in [0.717, 1.165) is 4.90 Å². The van der Waals surface area contributed by atoms with Crippen LogP contribution >= 0.6 is 0 Å². The van der Waals surface area contributed by atoms with Crippen molar-refractivity contribution in [3.63, 3.8) is 0 Å². The molecule has 1 aromatic carbocycles. The molecule has 1 heterocycles. The van der Waals surface area contributed by atoms with Crippen molar-refractivity contribution in [1.82, 2.24) is 10.2 Å². The van der Waals surface area contributed by atoms with Crippen molar-refractivity contribution in [3.8, 4) is 0 Å². The smallest absolute Gasteiger partial charge is 0.246 e. The molecule has 0 saturated carbocycles. The van der Waals surface area contributed by atoms with Crippen LogP contribution < -0.4 is 10.6 Å². The van der Waals surface area contributed by atoms with Gasteiger partial charge in [-0.05, 0) is 18.6 Å². The van der Waals surface area contributed by atoms with E-state index in [4.69, 9.17) is 0 Å². The quantitative estimate of drug-likeness (QED) is 0.793. The lowest BCUT2D eigenvalue weighted by Gasteiger charge is -2.30. The van der Waals surface area contributed by atoms with E-state index in [0.29, 0.717) is 6.42 Å². The second kappa shape index (κ2) is 6.45. The largest absolute Gasteiger partial charge is 0.322 e. The fourth-order valence-electron chi connectivity index (χ4n) is 2.09. The van der Waals surface area contributed by atoms with Gasteiger partial charge in [0.25, 0.3) is 0 Å². The van der Waals surface area contributed by atoms with E-state index in [9.17, 15) is 18.8 Å². The van der Waals surface area contributed by atoms with E-state index < -0.39 is 36.1 Å². The zero-order chi connectivity index (χ0) is 15.4. The Morgan fingerprint density at radius 2 is 2.14 bits per heavy atom. The first-order chi connectivity index (χ1) is 10.0. The van der Waals surface area contributed by atoms with Gasteiger partial charge in [0.15, 0.2) is 0 Å². The molecular weight excluding hydrogens is 277 g/mol. The maximum Gasteiger partial charge on any atom is 0.246 e. The summed E-state index contributed by atoms with van der Waals surface area (Å²) in [5.74, 6) is -2.08. The van der Waals surface area contributed by atoms with Crippen LogP contribution in [-0.4, -0.2) is 41.8 Å². The molecule has 1 atom stereocenters. The van der Waals surface area contributed by atoms with Crippen LogP contribution in [0, 0.1) is 5.82 Å². The summed E-state index contributed by atoms with van der Waals surface area (Å²) in [6.07, 6.45) is 0.525. The number of piperazine rings is 1. The third-order valence-electron chi connectivity index (χ3n) is 3.22. The molecule has 0 aliphatic carbocycles. The lowest BCUT2D eigenvalue weighted by molar-refractivity contribution is -0.151. The average Bonchev–Trinajstić information content (AvgIpc) is 2.46. The summed E-state index contributed by atoms with van der Waals surface area (Å²) in [5.41, 5.74) is 0.0181. The number of hydrogen-bond donors (Lipinski definition) is 2. The molecule has 0 radical (unpaired) electrons. The van der Waals surface area contributed by atoms with Gasteiger partial charge in [-0.25, -0.2) is 4.39 Å². The number of carbonyl (C=O) groups is 3. The Bertz CT molecular complexity index is 576. The molecule has 1 saturated heterocycles. The highest BCUT2D eigenvalue weighted by Crippen LogP contribution is 2.13. The summed E-state index contributed by atoms with van der Waals surface area (Å²) >= 11 is 0. The van der Waals surface area contributed by atoms with Crippen molar-refractivity contribution in [2.45, 2.75) is 19.4 Å². The molecule has 1 aromatic rings. The maximum atomic E-state index is 13.4. The minimum Gasteiger partial charge on any atom is -0.322 e. The van der Waals surface area contributed by atoms with Crippen molar-refractivity contribution in [2.75, 3.05) is 18.4 Å². The molecule has 0 aromatic heterocycles. The van der Waals surface area contributed by atoms with Crippen molar-refractivity contribution in [3.05, 3.63) is 30.1 Å². The number of hydrogen-bond acceptors (Lipinski definition) is 4. The lowest BCUT2D eigenvalue weighted by Crippen LogP contribution is -2.59. The van der Waals surface area contributed by atoms with Crippen LogP contribution in [0.15, 0.2) is 24.3 Å². The highest BCUT2D eigenvalue weighted by atomic mass is 19.1. The number of nitrogens with zero attached hydrogens (tertiary/aromatic N) is 1. The van der Waals surface area contributed by atoms with Crippen LogP contribution in [0.25, 0.3) is 0 Å². The molecular formula is C14H16FN3O3. The zero-order valence-corrected chi connectivity index (χ0v) is 11.6. The summed E-state index contributed by atoms with van der Waals surface area (Å²) in [6.45, 7) is 1.41. The number of para-hydroxylation sites is 1. The van der Waals surface area contributed by atoms with Crippen LogP contribution in [0.3, 0.4) is 0 Å². The molecule has 1 unspecified atom stereocenters. The number of anilines is 1. The van der Waals surface area contributed by atoms with Gasteiger partial charge in [0.05, 0.1) is 18.3 Å². The highest BCUT2D eigenvalue weighted by molar-refractivity contribution is 6.05. The van der Waals surface area contributed by atoms with Crippen LogP contribution in [-0.2, 0) is 14.4 Å². The first-order valence-corrected chi connectivity index (χ1v) is 6.65. The average molecular weight is 293 g/mol. The number of amides is 3. The first-order valence-electron chi connectivity index (χ1n) is 6.65. The van der Waals surface area contributed by atoms with Gasteiger partial charge >= 0.3 is 0 Å². The van der Waals surface area contributed by atoms with Gasteiger partial charge in [0, 0.05) is 0 Å². The molecule has 2 N–H and O–H groups in total. The van der Waals surface area contributed by atoms with Crippen molar-refractivity contribution >= 4 is 23.4 Å². The molecule has 1 aliphatic rings. The fourth-order valence-corrected chi connectivity index (χ4v) is 2.09. The van der Waals surface area contributed by atoms with Crippen molar-refractivity contribution in [2.24, 2.45) is 0 Å². The zero-order valence-electron chi connectivity index (χ0n) is 11.6. The normalized spacial score (nSPS) is 18.8. The van der Waals surface area contributed by atoms with Gasteiger partial charge in [0.2, 0.25) is 17.7 Å². The Morgan fingerprint density at radius 1 is 1.43 bits per heavy atom. The Hall–Kier alpha value is -2.28. The van der Waals surface area contributed by atoms with Gasteiger partial charge in [-0.3, -0.25) is 24.6 Å². The number of halogens is 1. The standard InChI is InChI=1S/C14H16FN3O3/c1-2-10-14(21)18(13(20)7-16-10)8-12(19)17-11-6-4-3-5-9(11)15/h3-6,10,16H,2,7-8H2,1H3,(H,17,19). The predicted octanol–water partition coefficient (Wildman–Crippen LogP) is 0.501.